The van der Waals surface area contributed by atoms with Crippen LogP contribution in [0.25, 0.3) is 24.0 Å². The molecule has 2 aromatic rings. The van der Waals surface area contributed by atoms with Crippen molar-refractivity contribution >= 4 is 24.0 Å². The Balaban J connectivity index is 1.89. The molecule has 25 heavy (non-hydrogen) atoms. The van der Waals surface area contributed by atoms with E-state index in [1.54, 1.807) is 13.2 Å². The SMILES string of the molecule is COc1ccc2c(c1O)=C[N+]1(C)CC=c3cc4c(cc3=C1C=2)OCO4. The second-order valence-corrected chi connectivity index (χ2v) is 6.73. The minimum Gasteiger partial charge on any atom is -0.504 e. The molecular formula is C20H18NO4+. The highest BCUT2D eigenvalue weighted by Crippen LogP contribution is 2.30. The first-order chi connectivity index (χ1) is 12.1. The van der Waals surface area contributed by atoms with E-state index in [2.05, 4.69) is 31.5 Å². The Kier molecular flexibility index (Phi) is 2.77. The van der Waals surface area contributed by atoms with Gasteiger partial charge in [-0.1, -0.05) is 0 Å². The third-order valence-electron chi connectivity index (χ3n) is 5.20. The Bertz CT molecular complexity index is 1170. The number of quaternary nitrogens is 1. The molecule has 0 saturated heterocycles. The van der Waals surface area contributed by atoms with Gasteiger partial charge in [0.1, 0.15) is 18.4 Å². The normalized spacial score (nSPS) is 21.9. The maximum absolute atomic E-state index is 10.5. The van der Waals surface area contributed by atoms with Crippen LogP contribution in [0.2, 0.25) is 0 Å². The molecule has 0 spiro atoms. The lowest BCUT2D eigenvalue weighted by molar-refractivity contribution is -0.746. The van der Waals surface area contributed by atoms with Crippen LogP contribution in [0.4, 0.5) is 0 Å². The van der Waals surface area contributed by atoms with E-state index in [1.165, 1.54) is 5.70 Å². The molecule has 5 nitrogen and oxygen atoms in total. The molecule has 1 unspecified atom stereocenters. The van der Waals surface area contributed by atoms with Gasteiger partial charge in [-0.2, -0.15) is 0 Å². The van der Waals surface area contributed by atoms with E-state index >= 15 is 0 Å². The molecule has 1 atom stereocenters. The van der Waals surface area contributed by atoms with E-state index in [0.717, 1.165) is 38.9 Å². The molecule has 3 aliphatic rings. The zero-order chi connectivity index (χ0) is 17.2. The third kappa shape index (κ3) is 1.93. The standard InChI is InChI=1S/C20H17NO4/c1-21-6-5-13-8-18-19(25-11-24-18)9-14(13)16(21)7-12-3-4-17(23-2)20(22)15(12)10-21/h3-5,7-10H,6,11H2,1-2H3/p+1. The maximum Gasteiger partial charge on any atom is 0.231 e. The van der Waals surface area contributed by atoms with E-state index in [9.17, 15) is 5.11 Å². The van der Waals surface area contributed by atoms with Crippen molar-refractivity contribution in [2.45, 2.75) is 0 Å². The second kappa shape index (κ2) is 4.80. The molecule has 5 rings (SSSR count). The third-order valence-corrected chi connectivity index (χ3v) is 5.20. The smallest absolute Gasteiger partial charge is 0.231 e. The first kappa shape index (κ1) is 14.4. The zero-order valence-corrected chi connectivity index (χ0v) is 14.1. The fourth-order valence-electron chi connectivity index (χ4n) is 3.82. The second-order valence-electron chi connectivity index (χ2n) is 6.73. The number of fused-ring (bicyclic) bond motifs is 4. The highest BCUT2D eigenvalue weighted by Gasteiger charge is 2.31. The van der Waals surface area contributed by atoms with Crippen molar-refractivity contribution < 1.29 is 23.8 Å². The largest absolute Gasteiger partial charge is 0.504 e. The quantitative estimate of drug-likeness (QED) is 0.727. The van der Waals surface area contributed by atoms with Gasteiger partial charge >= 0.3 is 0 Å². The van der Waals surface area contributed by atoms with Gasteiger partial charge in [-0.05, 0) is 40.8 Å². The number of benzene rings is 2. The lowest BCUT2D eigenvalue weighted by Gasteiger charge is -2.33. The van der Waals surface area contributed by atoms with Gasteiger partial charge in [0, 0.05) is 11.3 Å². The van der Waals surface area contributed by atoms with Crippen molar-refractivity contribution in [2.24, 2.45) is 0 Å². The van der Waals surface area contributed by atoms with E-state index in [1.807, 2.05) is 12.1 Å². The van der Waals surface area contributed by atoms with Crippen LogP contribution in [0.15, 0.2) is 24.3 Å². The molecule has 126 valence electrons. The molecule has 0 fully saturated rings. The molecule has 5 heteroatoms. The predicted octanol–water partition coefficient (Wildman–Crippen LogP) is -0.289. The number of hydrogen-bond acceptors (Lipinski definition) is 4. The number of aromatic hydroxyl groups is 1. The number of nitrogens with zero attached hydrogens (tertiary/aromatic N) is 1. The molecule has 1 N–H and O–H groups in total. The van der Waals surface area contributed by atoms with Crippen molar-refractivity contribution in [1.82, 2.24) is 0 Å². The number of hydrogen-bond donors (Lipinski definition) is 1. The van der Waals surface area contributed by atoms with Gasteiger partial charge in [0.05, 0.1) is 19.4 Å². The average molecular weight is 336 g/mol. The summed E-state index contributed by atoms with van der Waals surface area (Å²) in [7, 11) is 3.70. The molecule has 3 aliphatic heterocycles. The molecule has 0 amide bonds. The molecule has 0 bridgehead atoms. The van der Waals surface area contributed by atoms with Gasteiger partial charge in [0.25, 0.3) is 0 Å². The Hall–Kier alpha value is -2.92. The Morgan fingerprint density at radius 1 is 1.12 bits per heavy atom. The molecule has 0 radical (unpaired) electrons. The predicted molar refractivity (Wildman–Crippen MR) is 93.6 cm³/mol. The number of methoxy groups -OCH3 is 1. The lowest BCUT2D eigenvalue weighted by Crippen LogP contribution is -2.51. The number of phenolic OH excluding ortho intramolecular Hbond substituents is 1. The summed E-state index contributed by atoms with van der Waals surface area (Å²) in [6.07, 6.45) is 6.43. The highest BCUT2D eigenvalue weighted by molar-refractivity contribution is 5.76. The minimum absolute atomic E-state index is 0.186. The Morgan fingerprint density at radius 2 is 1.92 bits per heavy atom. The summed E-state index contributed by atoms with van der Waals surface area (Å²) in [6.45, 7) is 1.07. The fourth-order valence-corrected chi connectivity index (χ4v) is 3.82. The monoisotopic (exact) mass is 336 g/mol. The van der Waals surface area contributed by atoms with Crippen LogP contribution in [-0.2, 0) is 0 Å². The molecular weight excluding hydrogens is 318 g/mol. The first-order valence-corrected chi connectivity index (χ1v) is 8.20. The van der Waals surface area contributed by atoms with E-state index < -0.39 is 0 Å². The topological polar surface area (TPSA) is 47.9 Å². The number of rotatable bonds is 1. The van der Waals surface area contributed by atoms with E-state index in [0.29, 0.717) is 10.2 Å². The van der Waals surface area contributed by atoms with E-state index in [4.69, 9.17) is 14.2 Å². The van der Waals surface area contributed by atoms with Gasteiger partial charge in [0.15, 0.2) is 23.0 Å². The summed E-state index contributed by atoms with van der Waals surface area (Å²) in [4.78, 5) is 0. The van der Waals surface area contributed by atoms with Crippen molar-refractivity contribution in [3.63, 3.8) is 0 Å². The van der Waals surface area contributed by atoms with Crippen molar-refractivity contribution in [2.75, 3.05) is 27.5 Å². The molecule has 0 aromatic heterocycles. The molecule has 0 aliphatic carbocycles. The van der Waals surface area contributed by atoms with Crippen LogP contribution in [0.1, 0.15) is 0 Å². The van der Waals surface area contributed by atoms with E-state index in [-0.39, 0.29) is 12.5 Å². The van der Waals surface area contributed by atoms with Crippen LogP contribution in [0.5, 0.6) is 23.0 Å². The van der Waals surface area contributed by atoms with Crippen LogP contribution >= 0.6 is 0 Å². The molecule has 3 heterocycles. The first-order valence-electron chi connectivity index (χ1n) is 8.20. The van der Waals surface area contributed by atoms with Gasteiger partial charge < -0.3 is 19.3 Å². The average Bonchev–Trinajstić information content (AvgIpc) is 3.07. The zero-order valence-electron chi connectivity index (χ0n) is 14.1. The van der Waals surface area contributed by atoms with Crippen molar-refractivity contribution in [1.29, 1.82) is 0 Å². The highest BCUT2D eigenvalue weighted by atomic mass is 16.7. The van der Waals surface area contributed by atoms with Crippen molar-refractivity contribution in [3.05, 3.63) is 45.1 Å². The summed E-state index contributed by atoms with van der Waals surface area (Å²) in [5.41, 5.74) is 1.17. The van der Waals surface area contributed by atoms with Crippen LogP contribution in [0, 0.1) is 0 Å². The summed E-state index contributed by atoms with van der Waals surface area (Å²) in [5.74, 6) is 2.26. The number of phenols is 1. The van der Waals surface area contributed by atoms with Gasteiger partial charge in [-0.25, -0.2) is 0 Å². The molecule has 2 aromatic carbocycles. The minimum atomic E-state index is 0.186. The summed E-state index contributed by atoms with van der Waals surface area (Å²) in [6, 6.07) is 7.87. The lowest BCUT2D eigenvalue weighted by atomic mass is 10.0. The summed E-state index contributed by atoms with van der Waals surface area (Å²) >= 11 is 0. The summed E-state index contributed by atoms with van der Waals surface area (Å²) < 4.78 is 16.9. The van der Waals surface area contributed by atoms with Gasteiger partial charge in [-0.15, -0.1) is 0 Å². The maximum atomic E-state index is 10.5. The number of ether oxygens (including phenoxy) is 3. The summed E-state index contributed by atoms with van der Waals surface area (Å²) in [5, 5.41) is 14.6. The fraction of sp³-hybridized carbons (Fsp3) is 0.200. The van der Waals surface area contributed by atoms with Crippen LogP contribution < -0.4 is 35.1 Å². The van der Waals surface area contributed by atoms with Gasteiger partial charge in [-0.3, -0.25) is 4.48 Å². The Morgan fingerprint density at radius 3 is 2.72 bits per heavy atom. The van der Waals surface area contributed by atoms with Gasteiger partial charge in [0.2, 0.25) is 6.79 Å². The Labute approximate surface area is 144 Å². The van der Waals surface area contributed by atoms with Crippen LogP contribution in [-0.4, -0.2) is 37.1 Å². The van der Waals surface area contributed by atoms with Crippen molar-refractivity contribution in [3.8, 4) is 23.0 Å². The van der Waals surface area contributed by atoms with Crippen LogP contribution in [0.3, 0.4) is 0 Å². The molecule has 0 saturated carbocycles.